The normalized spacial score (nSPS) is 19.9. The van der Waals surface area contributed by atoms with Crippen LogP contribution in [-0.2, 0) is 13.5 Å². The van der Waals surface area contributed by atoms with Crippen LogP contribution in [0.4, 0.5) is 11.8 Å². The molecule has 0 unspecified atom stereocenters. The van der Waals surface area contributed by atoms with E-state index in [1.165, 1.54) is 0 Å². The highest BCUT2D eigenvalue weighted by atomic mass is 16.3. The molecule has 8 heteroatoms. The first-order valence-electron chi connectivity index (χ1n) is 9.53. The van der Waals surface area contributed by atoms with Crippen LogP contribution >= 0.6 is 0 Å². The van der Waals surface area contributed by atoms with Gasteiger partial charge in [0.2, 0.25) is 5.95 Å². The second kappa shape index (κ2) is 7.57. The summed E-state index contributed by atoms with van der Waals surface area (Å²) in [4.78, 5) is 13.8. The predicted molar refractivity (Wildman–Crippen MR) is 99.1 cm³/mol. The van der Waals surface area contributed by atoms with E-state index >= 15 is 0 Å². The van der Waals surface area contributed by atoms with Gasteiger partial charge in [-0.25, -0.2) is 4.98 Å². The Kier molecular flexibility index (Phi) is 5.01. The zero-order valence-electron chi connectivity index (χ0n) is 15.3. The molecule has 0 amide bonds. The Hall–Kier alpha value is -2.22. The Morgan fingerprint density at radius 3 is 2.50 bits per heavy atom. The van der Waals surface area contributed by atoms with Crippen LogP contribution < -0.4 is 9.80 Å². The van der Waals surface area contributed by atoms with E-state index in [1.807, 2.05) is 23.9 Å². The van der Waals surface area contributed by atoms with E-state index in [4.69, 9.17) is 4.98 Å². The van der Waals surface area contributed by atoms with E-state index in [2.05, 4.69) is 25.0 Å². The van der Waals surface area contributed by atoms with Gasteiger partial charge in [-0.05, 0) is 37.7 Å². The molecule has 0 aromatic carbocycles. The maximum Gasteiger partial charge on any atom is 0.227 e. The third-order valence-electron chi connectivity index (χ3n) is 5.59. The molecule has 4 heterocycles. The number of aliphatic hydroxyl groups is 1. The van der Waals surface area contributed by atoms with Gasteiger partial charge in [0.1, 0.15) is 18.0 Å². The third kappa shape index (κ3) is 3.80. The standard InChI is InChI=1S/C18H27N7O/c1-23-13-20-22-17(23)12-14-3-8-25(9-4-14)18-19-7-2-16(21-18)24-10-5-15(26)6-11-24/h2,7,13-15,26H,3-6,8-12H2,1H3. The molecular formula is C18H27N7O. The van der Waals surface area contributed by atoms with Crippen molar-refractivity contribution < 1.29 is 5.11 Å². The van der Waals surface area contributed by atoms with Crippen LogP contribution in [0.2, 0.25) is 0 Å². The van der Waals surface area contributed by atoms with Crippen molar-refractivity contribution in [2.75, 3.05) is 36.0 Å². The lowest BCUT2D eigenvalue weighted by Crippen LogP contribution is -2.38. The summed E-state index contributed by atoms with van der Waals surface area (Å²) in [5.74, 6) is 3.50. The van der Waals surface area contributed by atoms with Crippen molar-refractivity contribution in [1.29, 1.82) is 0 Å². The van der Waals surface area contributed by atoms with Crippen molar-refractivity contribution in [3.8, 4) is 0 Å². The number of anilines is 2. The molecule has 0 aliphatic carbocycles. The van der Waals surface area contributed by atoms with Crippen LogP contribution in [0.25, 0.3) is 0 Å². The molecule has 1 N–H and O–H groups in total. The number of piperidine rings is 2. The van der Waals surface area contributed by atoms with Gasteiger partial charge in [0.25, 0.3) is 0 Å². The van der Waals surface area contributed by atoms with Crippen LogP contribution in [0.5, 0.6) is 0 Å². The molecule has 0 spiro atoms. The van der Waals surface area contributed by atoms with Crippen LogP contribution in [0, 0.1) is 5.92 Å². The van der Waals surface area contributed by atoms with Crippen molar-refractivity contribution in [2.24, 2.45) is 13.0 Å². The van der Waals surface area contributed by atoms with Gasteiger partial charge in [0.15, 0.2) is 0 Å². The van der Waals surface area contributed by atoms with Gasteiger partial charge in [0, 0.05) is 45.8 Å². The fourth-order valence-corrected chi connectivity index (χ4v) is 3.85. The average Bonchev–Trinajstić information content (AvgIpc) is 3.08. The molecule has 2 aromatic rings. The highest BCUT2D eigenvalue weighted by molar-refractivity contribution is 5.44. The molecule has 2 aliphatic heterocycles. The maximum atomic E-state index is 9.69. The Balaban J connectivity index is 1.35. The highest BCUT2D eigenvalue weighted by Crippen LogP contribution is 2.25. The lowest BCUT2D eigenvalue weighted by atomic mass is 9.93. The van der Waals surface area contributed by atoms with Gasteiger partial charge >= 0.3 is 0 Å². The summed E-state index contributed by atoms with van der Waals surface area (Å²) < 4.78 is 2.01. The summed E-state index contributed by atoms with van der Waals surface area (Å²) in [5.41, 5.74) is 0. The summed E-state index contributed by atoms with van der Waals surface area (Å²) in [6.45, 7) is 3.67. The summed E-state index contributed by atoms with van der Waals surface area (Å²) in [6, 6.07) is 1.97. The van der Waals surface area contributed by atoms with E-state index < -0.39 is 0 Å². The topological polar surface area (TPSA) is 83.2 Å². The fraction of sp³-hybridized carbons (Fsp3) is 0.667. The van der Waals surface area contributed by atoms with Crippen molar-refractivity contribution >= 4 is 11.8 Å². The Morgan fingerprint density at radius 1 is 1.08 bits per heavy atom. The van der Waals surface area contributed by atoms with Crippen molar-refractivity contribution in [3.05, 3.63) is 24.4 Å². The molecule has 2 fully saturated rings. The minimum atomic E-state index is -0.166. The zero-order valence-corrected chi connectivity index (χ0v) is 15.3. The maximum absolute atomic E-state index is 9.69. The summed E-state index contributed by atoms with van der Waals surface area (Å²) in [6.07, 6.45) is 8.31. The summed E-state index contributed by atoms with van der Waals surface area (Å²) >= 11 is 0. The molecule has 0 bridgehead atoms. The molecule has 0 saturated carbocycles. The van der Waals surface area contributed by atoms with Gasteiger partial charge in [-0.1, -0.05) is 0 Å². The minimum absolute atomic E-state index is 0.166. The zero-order chi connectivity index (χ0) is 17.9. The second-order valence-corrected chi connectivity index (χ2v) is 7.43. The van der Waals surface area contributed by atoms with E-state index in [0.29, 0.717) is 5.92 Å². The van der Waals surface area contributed by atoms with E-state index in [0.717, 1.165) is 75.9 Å². The van der Waals surface area contributed by atoms with Crippen LogP contribution in [-0.4, -0.2) is 62.1 Å². The largest absolute Gasteiger partial charge is 0.393 e. The molecule has 140 valence electrons. The van der Waals surface area contributed by atoms with Gasteiger partial charge in [-0.2, -0.15) is 4.98 Å². The number of nitrogens with zero attached hydrogens (tertiary/aromatic N) is 7. The van der Waals surface area contributed by atoms with Crippen LogP contribution in [0.1, 0.15) is 31.5 Å². The number of aromatic nitrogens is 5. The third-order valence-corrected chi connectivity index (χ3v) is 5.59. The lowest BCUT2D eigenvalue weighted by Gasteiger charge is -2.33. The van der Waals surface area contributed by atoms with Gasteiger partial charge in [-0.3, -0.25) is 0 Å². The first-order valence-corrected chi connectivity index (χ1v) is 9.53. The highest BCUT2D eigenvalue weighted by Gasteiger charge is 2.24. The molecule has 0 atom stereocenters. The summed E-state index contributed by atoms with van der Waals surface area (Å²) in [5, 5.41) is 17.9. The van der Waals surface area contributed by atoms with Gasteiger partial charge in [0.05, 0.1) is 6.10 Å². The Morgan fingerprint density at radius 2 is 1.81 bits per heavy atom. The fourth-order valence-electron chi connectivity index (χ4n) is 3.85. The van der Waals surface area contributed by atoms with E-state index in [-0.39, 0.29) is 6.10 Å². The van der Waals surface area contributed by atoms with Gasteiger partial charge in [-0.15, -0.1) is 10.2 Å². The SMILES string of the molecule is Cn1cnnc1CC1CCN(c2nccc(N3CCC(O)CC3)n2)CC1. The quantitative estimate of drug-likeness (QED) is 0.875. The van der Waals surface area contributed by atoms with Crippen molar-refractivity contribution in [1.82, 2.24) is 24.7 Å². The van der Waals surface area contributed by atoms with Crippen LogP contribution in [0.3, 0.4) is 0 Å². The molecular weight excluding hydrogens is 330 g/mol. The first-order chi connectivity index (χ1) is 12.7. The van der Waals surface area contributed by atoms with E-state index in [1.54, 1.807) is 6.33 Å². The first kappa shape index (κ1) is 17.2. The van der Waals surface area contributed by atoms with Gasteiger partial charge < -0.3 is 19.5 Å². The van der Waals surface area contributed by atoms with Crippen LogP contribution in [0.15, 0.2) is 18.6 Å². The second-order valence-electron chi connectivity index (χ2n) is 7.43. The minimum Gasteiger partial charge on any atom is -0.393 e. The van der Waals surface area contributed by atoms with E-state index in [9.17, 15) is 5.11 Å². The number of hydrogen-bond acceptors (Lipinski definition) is 7. The number of aliphatic hydroxyl groups excluding tert-OH is 1. The Bertz CT molecular complexity index is 718. The molecule has 8 nitrogen and oxygen atoms in total. The average molecular weight is 357 g/mol. The van der Waals surface area contributed by atoms with Crippen molar-refractivity contribution in [2.45, 2.75) is 38.2 Å². The molecule has 2 aliphatic rings. The Labute approximate surface area is 153 Å². The summed E-state index contributed by atoms with van der Waals surface area (Å²) in [7, 11) is 2.00. The molecule has 26 heavy (non-hydrogen) atoms. The van der Waals surface area contributed by atoms with Crippen molar-refractivity contribution in [3.63, 3.8) is 0 Å². The lowest BCUT2D eigenvalue weighted by molar-refractivity contribution is 0.145. The molecule has 4 rings (SSSR count). The number of rotatable bonds is 4. The predicted octanol–water partition coefficient (Wildman–Crippen LogP) is 1.03. The molecule has 2 aromatic heterocycles. The number of aryl methyl sites for hydroxylation is 1. The molecule has 2 saturated heterocycles. The number of hydrogen-bond donors (Lipinski definition) is 1. The molecule has 0 radical (unpaired) electrons. The smallest absolute Gasteiger partial charge is 0.227 e. The monoisotopic (exact) mass is 357 g/mol.